The molecule has 146 heavy (non-hydrogen) atoms. The summed E-state index contributed by atoms with van der Waals surface area (Å²) in [6.45, 7) is 56.6. The van der Waals surface area contributed by atoms with Gasteiger partial charge in [0.05, 0.1) is 26.4 Å². The zero-order chi connectivity index (χ0) is 107. The monoisotopic (exact) mass is 2060 g/mol. The average Bonchev–Trinajstić information content (AvgIpc) is 0.914. The van der Waals surface area contributed by atoms with Crippen molar-refractivity contribution in [3.63, 3.8) is 0 Å². The fourth-order valence-corrected chi connectivity index (χ4v) is 21.4. The molecule has 0 fully saturated rings. The standard InChI is InChI=1S/C48H98N4O2.C44H94N4.C40H86N4/c1-3-5-7-9-11-13-15-17-19-21-23-25-27-29-31-33-39-51(41-35-37-49)43-45-53-47-48-54-46-44-52(42-36-38-50)40-34-32-30-28-26-24-22-20-18-16-14-12-10-8-6-4-2;1-7-9-11-13-15-17-19-21-23-25-27-29-33-43(5)47(39-41(3)37-45)35-31-32-36-48(40-42(4)38-46)44(6)34-30-28-26-24-22-20-18-16-14-12-10-8-2;1-7-9-11-13-15-17-19-21-23-25-29-39(5)43(35-37(3)33-41)31-27-28-32-44(36-38(4)34-42)40(6)30-26-24-22-20-18-16-14-12-10-8-2/h17-20H,3-16,21-50H2,1-2H3;41-44H,7-40,45-46H2,1-6H3;37-40H,7-36,41-42H2,1-6H3/b19-17-,20-18-;;. The summed E-state index contributed by atoms with van der Waals surface area (Å²) in [7, 11) is 0. The molecule has 0 heterocycles. The number of allylic oxidation sites excluding steroid dienone is 4. The molecule has 0 saturated carbocycles. The van der Waals surface area contributed by atoms with Gasteiger partial charge in [0.2, 0.25) is 0 Å². The van der Waals surface area contributed by atoms with E-state index in [9.17, 15) is 0 Å². The van der Waals surface area contributed by atoms with Gasteiger partial charge in [0.1, 0.15) is 0 Å². The number of hydrogen-bond acceptors (Lipinski definition) is 14. The lowest BCUT2D eigenvalue weighted by molar-refractivity contribution is 0.0307. The van der Waals surface area contributed by atoms with Crippen molar-refractivity contribution < 1.29 is 9.47 Å². The largest absolute Gasteiger partial charge is 0.378 e. The first-order valence-corrected chi connectivity index (χ1v) is 66.6. The normalized spacial score (nSPS) is 13.8. The molecule has 0 aromatic carbocycles. The van der Waals surface area contributed by atoms with Crippen LogP contribution < -0.4 is 34.4 Å². The molecule has 0 bridgehead atoms. The number of nitrogens with zero attached hydrogens (tertiary/aromatic N) is 6. The van der Waals surface area contributed by atoms with Crippen LogP contribution in [-0.4, -0.2) is 211 Å². The van der Waals surface area contributed by atoms with Gasteiger partial charge >= 0.3 is 0 Å². The van der Waals surface area contributed by atoms with E-state index in [1.807, 2.05) is 0 Å². The van der Waals surface area contributed by atoms with Gasteiger partial charge in [-0.1, -0.05) is 492 Å². The van der Waals surface area contributed by atoms with Crippen molar-refractivity contribution in [3.8, 4) is 0 Å². The maximum atomic E-state index is 6.09. The van der Waals surface area contributed by atoms with Gasteiger partial charge in [-0.2, -0.15) is 0 Å². The quantitative estimate of drug-likeness (QED) is 0.0249. The minimum atomic E-state index is 0.576. The molecule has 0 aliphatic carbocycles. The van der Waals surface area contributed by atoms with Gasteiger partial charge in [0.25, 0.3) is 0 Å². The molecule has 8 unspecified atom stereocenters. The van der Waals surface area contributed by atoms with E-state index in [2.05, 4.69) is 151 Å². The molecule has 0 aliphatic rings. The van der Waals surface area contributed by atoms with E-state index in [0.717, 1.165) is 131 Å². The number of ether oxygens (including phenoxy) is 2. The van der Waals surface area contributed by atoms with Crippen molar-refractivity contribution in [1.29, 1.82) is 0 Å². The van der Waals surface area contributed by atoms with E-state index >= 15 is 0 Å². The molecule has 0 radical (unpaired) electrons. The van der Waals surface area contributed by atoms with Crippen LogP contribution in [-0.2, 0) is 9.47 Å². The number of nitrogens with two attached hydrogens (primary N) is 6. The highest BCUT2D eigenvalue weighted by atomic mass is 16.5. The van der Waals surface area contributed by atoms with E-state index < -0.39 is 0 Å². The van der Waals surface area contributed by atoms with E-state index in [1.54, 1.807) is 0 Å². The topological polar surface area (TPSA) is 194 Å². The minimum Gasteiger partial charge on any atom is -0.378 e. The molecule has 878 valence electrons. The Morgan fingerprint density at radius 2 is 0.329 bits per heavy atom. The smallest absolute Gasteiger partial charge is 0.0701 e. The van der Waals surface area contributed by atoms with Gasteiger partial charge in [-0.25, -0.2) is 0 Å². The van der Waals surface area contributed by atoms with Gasteiger partial charge in [-0.05, 0) is 271 Å². The van der Waals surface area contributed by atoms with Crippen molar-refractivity contribution >= 4 is 0 Å². The Bertz CT molecular complexity index is 2250. The summed E-state index contributed by atoms with van der Waals surface area (Å²) < 4.78 is 12.0. The molecule has 8 atom stereocenters. The van der Waals surface area contributed by atoms with Gasteiger partial charge in [-0.15, -0.1) is 0 Å². The first kappa shape index (κ1) is 149. The second-order valence-electron chi connectivity index (χ2n) is 47.5. The molecule has 0 saturated heterocycles. The van der Waals surface area contributed by atoms with Crippen LogP contribution in [0.4, 0.5) is 0 Å². The van der Waals surface area contributed by atoms with Crippen molar-refractivity contribution in [1.82, 2.24) is 29.4 Å². The van der Waals surface area contributed by atoms with Crippen LogP contribution in [0.1, 0.15) is 623 Å². The van der Waals surface area contributed by atoms with E-state index in [-0.39, 0.29) is 0 Å². The van der Waals surface area contributed by atoms with Crippen LogP contribution in [0.3, 0.4) is 0 Å². The van der Waals surface area contributed by atoms with Crippen LogP contribution in [0, 0.1) is 23.7 Å². The average molecular weight is 2070 g/mol. The molecule has 0 aliphatic heterocycles. The second-order valence-corrected chi connectivity index (χ2v) is 47.5. The third kappa shape index (κ3) is 113. The van der Waals surface area contributed by atoms with E-state index in [0.29, 0.717) is 61.1 Å². The molecule has 0 rings (SSSR count). The maximum Gasteiger partial charge on any atom is 0.0701 e. The zero-order valence-corrected chi connectivity index (χ0v) is 103. The third-order valence-corrected chi connectivity index (χ3v) is 32.3. The summed E-state index contributed by atoms with van der Waals surface area (Å²) >= 11 is 0. The molecule has 0 aromatic heterocycles. The van der Waals surface area contributed by atoms with Crippen molar-refractivity contribution in [2.45, 2.75) is 648 Å². The summed E-state index contributed by atoms with van der Waals surface area (Å²) in [5.41, 5.74) is 36.0. The number of hydrogen-bond donors (Lipinski definition) is 6. The van der Waals surface area contributed by atoms with Gasteiger partial charge in [0.15, 0.2) is 0 Å². The lowest BCUT2D eigenvalue weighted by Gasteiger charge is -2.33. The molecular formula is C132H278N12O2. The maximum absolute atomic E-state index is 6.09. The lowest BCUT2D eigenvalue weighted by Crippen LogP contribution is -2.40. The van der Waals surface area contributed by atoms with Gasteiger partial charge < -0.3 is 73.3 Å². The summed E-state index contributed by atoms with van der Waals surface area (Å²) in [5.74, 6) is 2.31. The highest BCUT2D eigenvalue weighted by molar-refractivity contribution is 4.84. The Hall–Kier alpha value is -1.08. The molecule has 14 nitrogen and oxygen atoms in total. The Labute approximate surface area is 920 Å². The lowest BCUT2D eigenvalue weighted by atomic mass is 10.0. The van der Waals surface area contributed by atoms with Crippen LogP contribution >= 0.6 is 0 Å². The molecule has 0 amide bonds. The summed E-state index contributed by atoms with van der Waals surface area (Å²) in [4.78, 5) is 16.2. The number of unbranched alkanes of at least 4 members (excludes halogenated alkanes) is 66. The van der Waals surface area contributed by atoms with Crippen LogP contribution in [0.25, 0.3) is 0 Å². The van der Waals surface area contributed by atoms with Crippen molar-refractivity contribution in [3.05, 3.63) is 24.3 Å². The summed E-state index contributed by atoms with van der Waals surface area (Å²) in [6.07, 6.45) is 123. The van der Waals surface area contributed by atoms with E-state index in [1.165, 1.54) is 540 Å². The molecule has 14 heteroatoms. The van der Waals surface area contributed by atoms with Crippen LogP contribution in [0.5, 0.6) is 0 Å². The van der Waals surface area contributed by atoms with Crippen LogP contribution in [0.15, 0.2) is 24.3 Å². The fourth-order valence-electron chi connectivity index (χ4n) is 21.4. The first-order chi connectivity index (χ1) is 71.6. The van der Waals surface area contributed by atoms with Crippen molar-refractivity contribution in [2.24, 2.45) is 58.1 Å². The first-order valence-electron chi connectivity index (χ1n) is 66.6. The number of rotatable bonds is 121. The molecule has 12 N–H and O–H groups in total. The Morgan fingerprint density at radius 1 is 0.171 bits per heavy atom. The summed E-state index contributed by atoms with van der Waals surface area (Å²) in [6, 6.07) is 2.67. The SMILES string of the molecule is CCCCCCCC/C=C\CCCCCCCCN(CCCN)CCOCCOCCN(CCCN)CCCCCCCC/C=C\CCCCCCCC.CCCCCCCCCCCCC(C)N(CCCCN(CC(C)CN)C(C)CCCCCCCCCCCC)CC(C)CN.CCCCCCCCCCCCCCC(C)N(CCCCN(CC(C)CN)C(C)CCCCCCCCCCCCCC)CC(C)CN. The van der Waals surface area contributed by atoms with Crippen LogP contribution in [0.2, 0.25) is 0 Å². The minimum absolute atomic E-state index is 0.576. The van der Waals surface area contributed by atoms with Gasteiger partial charge in [-0.3, -0.25) is 0 Å². The highest BCUT2D eigenvalue weighted by Crippen LogP contribution is 2.25. The predicted octanol–water partition coefficient (Wildman–Crippen LogP) is 35.9. The Morgan fingerprint density at radius 3 is 0.507 bits per heavy atom. The fraction of sp³-hybridized carbons (Fsp3) is 0.970. The predicted molar refractivity (Wildman–Crippen MR) is 661 cm³/mol. The third-order valence-electron chi connectivity index (χ3n) is 32.3. The Kier molecular flexibility index (Phi) is 128. The summed E-state index contributed by atoms with van der Waals surface area (Å²) in [5, 5.41) is 0. The van der Waals surface area contributed by atoms with Crippen molar-refractivity contribution in [2.75, 3.05) is 157 Å². The Balaban J connectivity index is -0.00000211. The van der Waals surface area contributed by atoms with E-state index in [4.69, 9.17) is 43.9 Å². The van der Waals surface area contributed by atoms with Gasteiger partial charge in [0, 0.05) is 63.4 Å². The molecular weight excluding hydrogens is 1790 g/mol. The zero-order valence-electron chi connectivity index (χ0n) is 103. The highest BCUT2D eigenvalue weighted by Gasteiger charge is 2.23. The molecule has 0 spiro atoms. The molecule has 0 aromatic rings. The second kappa shape index (κ2) is 126.